The van der Waals surface area contributed by atoms with Gasteiger partial charge >= 0.3 is 5.97 Å². The van der Waals surface area contributed by atoms with Crippen LogP contribution in [-0.4, -0.2) is 27.0 Å². The first-order valence-corrected chi connectivity index (χ1v) is 5.34. The lowest BCUT2D eigenvalue weighted by Crippen LogP contribution is -2.19. The van der Waals surface area contributed by atoms with Gasteiger partial charge in [0.15, 0.2) is 6.10 Å². The van der Waals surface area contributed by atoms with E-state index >= 15 is 0 Å². The van der Waals surface area contributed by atoms with Gasteiger partial charge in [-0.1, -0.05) is 18.2 Å². The Balaban J connectivity index is 2.22. The number of carboxylic acids is 1. The van der Waals surface area contributed by atoms with Crippen molar-refractivity contribution >= 4 is 16.9 Å². The summed E-state index contributed by atoms with van der Waals surface area (Å²) in [5.41, 5.74) is 1.77. The Labute approximate surface area is 98.6 Å². The molecule has 0 aliphatic carbocycles. The summed E-state index contributed by atoms with van der Waals surface area (Å²) in [6.45, 7) is 1.71. The molecule has 0 aliphatic rings. The Morgan fingerprint density at radius 3 is 2.94 bits per heavy atom. The fourth-order valence-electron chi connectivity index (χ4n) is 1.67. The van der Waals surface area contributed by atoms with E-state index in [1.807, 2.05) is 31.3 Å². The highest BCUT2D eigenvalue weighted by Crippen LogP contribution is 2.18. The molecule has 5 nitrogen and oxygen atoms in total. The summed E-state index contributed by atoms with van der Waals surface area (Å²) in [7, 11) is 1.85. The van der Waals surface area contributed by atoms with Crippen LogP contribution < -0.4 is 0 Å². The largest absolute Gasteiger partial charge is 0.479 e. The van der Waals surface area contributed by atoms with E-state index in [-0.39, 0.29) is 6.61 Å². The number of benzene rings is 1. The van der Waals surface area contributed by atoms with Crippen molar-refractivity contribution < 1.29 is 14.6 Å². The van der Waals surface area contributed by atoms with Gasteiger partial charge in [0.2, 0.25) is 0 Å². The van der Waals surface area contributed by atoms with Gasteiger partial charge in [-0.3, -0.25) is 4.68 Å². The van der Waals surface area contributed by atoms with Gasteiger partial charge in [-0.2, -0.15) is 5.10 Å². The molecule has 1 unspecified atom stereocenters. The van der Waals surface area contributed by atoms with E-state index in [1.54, 1.807) is 4.68 Å². The van der Waals surface area contributed by atoms with E-state index in [9.17, 15) is 4.79 Å². The number of nitrogens with zero attached hydrogens (tertiary/aromatic N) is 2. The molecule has 0 radical (unpaired) electrons. The number of carboxylic acid groups (broad SMARTS) is 1. The second-order valence-corrected chi connectivity index (χ2v) is 3.88. The Kier molecular flexibility index (Phi) is 3.10. The molecule has 0 amide bonds. The fraction of sp³-hybridized carbons (Fsp3) is 0.333. The number of aryl methyl sites for hydroxylation is 1. The van der Waals surface area contributed by atoms with Crippen molar-refractivity contribution in [2.24, 2.45) is 7.05 Å². The number of fused-ring (bicyclic) bond motifs is 1. The molecule has 1 N–H and O–H groups in total. The van der Waals surface area contributed by atoms with Crippen LogP contribution in [0.4, 0.5) is 0 Å². The van der Waals surface area contributed by atoms with E-state index in [2.05, 4.69) is 5.10 Å². The number of hydrogen-bond donors (Lipinski definition) is 1. The molecule has 2 rings (SSSR count). The quantitative estimate of drug-likeness (QED) is 0.872. The van der Waals surface area contributed by atoms with Crippen LogP contribution in [0.1, 0.15) is 12.6 Å². The molecule has 1 aromatic heterocycles. The molecule has 1 aromatic carbocycles. The lowest BCUT2D eigenvalue weighted by Gasteiger charge is -2.06. The van der Waals surface area contributed by atoms with Crippen LogP contribution in [0.15, 0.2) is 24.3 Å². The van der Waals surface area contributed by atoms with Crippen LogP contribution in [0, 0.1) is 0 Å². The summed E-state index contributed by atoms with van der Waals surface area (Å²) < 4.78 is 7.00. The molecule has 17 heavy (non-hydrogen) atoms. The van der Waals surface area contributed by atoms with Crippen LogP contribution in [-0.2, 0) is 23.2 Å². The van der Waals surface area contributed by atoms with Crippen molar-refractivity contribution in [3.63, 3.8) is 0 Å². The van der Waals surface area contributed by atoms with Gasteiger partial charge in [0.25, 0.3) is 0 Å². The van der Waals surface area contributed by atoms with Gasteiger partial charge in [0.05, 0.1) is 17.8 Å². The zero-order valence-electron chi connectivity index (χ0n) is 9.75. The van der Waals surface area contributed by atoms with Crippen molar-refractivity contribution in [2.45, 2.75) is 19.6 Å². The Bertz CT molecular complexity index is 548. The molecule has 0 saturated carbocycles. The minimum atomic E-state index is -0.967. The van der Waals surface area contributed by atoms with Gasteiger partial charge in [-0.25, -0.2) is 4.79 Å². The SMILES string of the molecule is CC(OCc1nn(C)c2ccccc12)C(=O)O. The molecule has 0 saturated heterocycles. The zero-order chi connectivity index (χ0) is 12.4. The molecule has 2 aromatic rings. The van der Waals surface area contributed by atoms with E-state index in [0.29, 0.717) is 0 Å². The third-order valence-electron chi connectivity index (χ3n) is 2.65. The zero-order valence-corrected chi connectivity index (χ0v) is 9.75. The summed E-state index contributed by atoms with van der Waals surface area (Å²) in [5, 5.41) is 14.0. The number of ether oxygens (including phenoxy) is 1. The lowest BCUT2D eigenvalue weighted by molar-refractivity contribution is -0.149. The summed E-state index contributed by atoms with van der Waals surface area (Å²) in [6.07, 6.45) is -0.823. The molecule has 0 spiro atoms. The predicted octanol–water partition coefficient (Wildman–Crippen LogP) is 1.56. The van der Waals surface area contributed by atoms with Crippen LogP contribution in [0.5, 0.6) is 0 Å². The molecule has 0 fully saturated rings. The first kappa shape index (κ1) is 11.6. The predicted molar refractivity (Wildman–Crippen MR) is 62.6 cm³/mol. The smallest absolute Gasteiger partial charge is 0.332 e. The number of aromatic nitrogens is 2. The monoisotopic (exact) mass is 234 g/mol. The molecule has 1 atom stereocenters. The second-order valence-electron chi connectivity index (χ2n) is 3.88. The highest BCUT2D eigenvalue weighted by Gasteiger charge is 2.14. The van der Waals surface area contributed by atoms with Gasteiger partial charge in [0, 0.05) is 12.4 Å². The molecule has 1 heterocycles. The second kappa shape index (κ2) is 4.55. The normalized spacial score (nSPS) is 12.8. The molecular weight excluding hydrogens is 220 g/mol. The van der Waals surface area contributed by atoms with Crippen molar-refractivity contribution in [2.75, 3.05) is 0 Å². The standard InChI is InChI=1S/C12H14N2O3/c1-8(12(15)16)17-7-10-9-5-3-4-6-11(9)14(2)13-10/h3-6,8H,7H2,1-2H3,(H,15,16). The Morgan fingerprint density at radius 1 is 1.53 bits per heavy atom. The Hall–Kier alpha value is -1.88. The molecule has 90 valence electrons. The molecule has 0 aliphatic heterocycles. The first-order chi connectivity index (χ1) is 8.09. The average Bonchev–Trinajstić information content (AvgIpc) is 2.64. The minimum Gasteiger partial charge on any atom is -0.479 e. The number of hydrogen-bond acceptors (Lipinski definition) is 3. The van der Waals surface area contributed by atoms with Gasteiger partial charge in [0.1, 0.15) is 0 Å². The molecular formula is C12H14N2O3. The third-order valence-corrected chi connectivity index (χ3v) is 2.65. The van der Waals surface area contributed by atoms with Crippen molar-refractivity contribution in [1.82, 2.24) is 9.78 Å². The molecule has 0 bridgehead atoms. The van der Waals surface area contributed by atoms with Gasteiger partial charge < -0.3 is 9.84 Å². The van der Waals surface area contributed by atoms with Crippen LogP contribution in [0.3, 0.4) is 0 Å². The maximum Gasteiger partial charge on any atom is 0.332 e. The van der Waals surface area contributed by atoms with E-state index in [1.165, 1.54) is 6.92 Å². The summed E-state index contributed by atoms with van der Waals surface area (Å²) in [6, 6.07) is 7.78. The van der Waals surface area contributed by atoms with E-state index < -0.39 is 12.1 Å². The maximum atomic E-state index is 10.6. The number of aliphatic carboxylic acids is 1. The summed E-state index contributed by atoms with van der Waals surface area (Å²) >= 11 is 0. The number of carbonyl (C=O) groups is 1. The fourth-order valence-corrected chi connectivity index (χ4v) is 1.67. The number of para-hydroxylation sites is 1. The lowest BCUT2D eigenvalue weighted by atomic mass is 10.2. The maximum absolute atomic E-state index is 10.6. The summed E-state index contributed by atoms with van der Waals surface area (Å²) in [4.78, 5) is 10.6. The third kappa shape index (κ3) is 2.29. The topological polar surface area (TPSA) is 64.4 Å². The van der Waals surface area contributed by atoms with Gasteiger partial charge in [-0.15, -0.1) is 0 Å². The highest BCUT2D eigenvalue weighted by molar-refractivity contribution is 5.81. The first-order valence-electron chi connectivity index (χ1n) is 5.34. The van der Waals surface area contributed by atoms with E-state index in [4.69, 9.17) is 9.84 Å². The van der Waals surface area contributed by atoms with Crippen LogP contribution in [0.25, 0.3) is 10.9 Å². The van der Waals surface area contributed by atoms with E-state index in [0.717, 1.165) is 16.6 Å². The van der Waals surface area contributed by atoms with Crippen molar-refractivity contribution in [3.8, 4) is 0 Å². The molecule has 5 heteroatoms. The highest BCUT2D eigenvalue weighted by atomic mass is 16.5. The van der Waals surface area contributed by atoms with Crippen molar-refractivity contribution in [3.05, 3.63) is 30.0 Å². The van der Waals surface area contributed by atoms with Crippen molar-refractivity contribution in [1.29, 1.82) is 0 Å². The van der Waals surface area contributed by atoms with Crippen LogP contribution in [0.2, 0.25) is 0 Å². The Morgan fingerprint density at radius 2 is 2.24 bits per heavy atom. The van der Waals surface area contributed by atoms with Gasteiger partial charge in [-0.05, 0) is 13.0 Å². The van der Waals surface area contributed by atoms with Crippen LogP contribution >= 0.6 is 0 Å². The summed E-state index contributed by atoms with van der Waals surface area (Å²) in [5.74, 6) is -0.967. The number of rotatable bonds is 4. The minimum absolute atomic E-state index is 0.203. The average molecular weight is 234 g/mol.